The molecule has 12 nitrogen and oxygen atoms in total. The molecule has 4 aromatic carbocycles. The second-order valence-corrected chi connectivity index (χ2v) is 18.7. The summed E-state index contributed by atoms with van der Waals surface area (Å²) in [6.07, 6.45) is 10.5. The molecule has 63 heavy (non-hydrogen) atoms. The molecule has 1 unspecified atom stereocenters. The van der Waals surface area contributed by atoms with Crippen LogP contribution < -0.4 is 10.2 Å². The molecule has 6 heterocycles. The fourth-order valence-corrected chi connectivity index (χ4v) is 11.6. The zero-order chi connectivity index (χ0) is 42.8. The van der Waals surface area contributed by atoms with Crippen LogP contribution in [-0.2, 0) is 33.9 Å². The van der Waals surface area contributed by atoms with E-state index in [2.05, 4.69) is 98.1 Å². The lowest BCUT2D eigenvalue weighted by Crippen LogP contribution is -2.54. The van der Waals surface area contributed by atoms with Gasteiger partial charge in [-0.25, -0.2) is 0 Å². The fourth-order valence-electron chi connectivity index (χ4n) is 11.6. The molecule has 3 atom stereocenters. The molecular formula is C51H51N7O5. The molecule has 0 saturated carbocycles. The van der Waals surface area contributed by atoms with Crippen molar-refractivity contribution in [1.82, 2.24) is 30.2 Å². The third-order valence-corrected chi connectivity index (χ3v) is 15.2. The minimum absolute atomic E-state index is 0.0824. The molecule has 3 fully saturated rings. The second-order valence-electron chi connectivity index (χ2n) is 18.7. The Labute approximate surface area is 366 Å². The molecule has 12 heteroatoms. The Bertz CT molecular complexity index is 2580. The van der Waals surface area contributed by atoms with Crippen molar-refractivity contribution >= 4 is 35.2 Å². The van der Waals surface area contributed by atoms with Gasteiger partial charge in [-0.05, 0) is 119 Å². The van der Waals surface area contributed by atoms with Crippen LogP contribution in [0.5, 0.6) is 0 Å². The first-order valence-corrected chi connectivity index (χ1v) is 22.6. The number of hydrogen-bond acceptors (Lipinski definition) is 8. The number of piperidine rings is 3. The number of carbonyl (C=O) groups is 5. The van der Waals surface area contributed by atoms with Gasteiger partial charge in [-0.15, -0.1) is 0 Å². The lowest BCUT2D eigenvalue weighted by Gasteiger charge is -2.47. The summed E-state index contributed by atoms with van der Waals surface area (Å²) < 4.78 is 0. The quantitative estimate of drug-likeness (QED) is 0.176. The summed E-state index contributed by atoms with van der Waals surface area (Å²) in [5.41, 5.74) is 11.9. The van der Waals surface area contributed by atoms with Crippen molar-refractivity contribution in [3.05, 3.63) is 142 Å². The van der Waals surface area contributed by atoms with Gasteiger partial charge in [0.25, 0.3) is 11.8 Å². The zero-order valence-corrected chi connectivity index (χ0v) is 35.4. The maximum Gasteiger partial charge on any atom is 0.262 e. The SMILES string of the molecule is O=C1CCC(N2C(=O)c3cc4c(cc3C2=O)CN(CC(=O)N2CCC3(CC2)CCN(c2ccc([C@@H]5c6ccc(-c7cn[nH]c7)cc6CC[C@@H]5c5ccccc5)cc2)CC3)C4)C(=O)N1. The van der Waals surface area contributed by atoms with Crippen molar-refractivity contribution in [2.75, 3.05) is 37.6 Å². The van der Waals surface area contributed by atoms with Crippen LogP contribution in [0.2, 0.25) is 0 Å². The lowest BCUT2D eigenvalue weighted by molar-refractivity contribution is -0.137. The number of hydrogen-bond donors (Lipinski definition) is 2. The number of amides is 5. The minimum atomic E-state index is -0.989. The van der Waals surface area contributed by atoms with Gasteiger partial charge in [-0.3, -0.25) is 44.2 Å². The average molecular weight is 842 g/mol. The number of anilines is 1. The number of nitrogens with one attached hydrogen (secondary N) is 2. The number of H-pyrrole nitrogens is 1. The summed E-state index contributed by atoms with van der Waals surface area (Å²) in [6, 6.07) is 29.9. The van der Waals surface area contributed by atoms with E-state index in [1.165, 1.54) is 33.5 Å². The van der Waals surface area contributed by atoms with Gasteiger partial charge in [-0.2, -0.15) is 5.10 Å². The van der Waals surface area contributed by atoms with E-state index in [-0.39, 0.29) is 47.8 Å². The molecule has 6 aliphatic rings. The number of benzene rings is 4. The average Bonchev–Trinajstić information content (AvgIpc) is 4.05. The maximum atomic E-state index is 13.7. The molecule has 0 radical (unpaired) electrons. The molecule has 5 amide bonds. The van der Waals surface area contributed by atoms with Gasteiger partial charge in [-0.1, -0.05) is 60.7 Å². The van der Waals surface area contributed by atoms with Gasteiger partial charge in [0.05, 0.1) is 23.9 Å². The minimum Gasteiger partial charge on any atom is -0.371 e. The molecular weight excluding hydrogens is 791 g/mol. The molecule has 1 aromatic heterocycles. The van der Waals surface area contributed by atoms with E-state index in [0.717, 1.165) is 86.3 Å². The Morgan fingerprint density at radius 3 is 2.08 bits per heavy atom. The highest BCUT2D eigenvalue weighted by Gasteiger charge is 2.46. The number of imide groups is 2. The van der Waals surface area contributed by atoms with Crippen molar-refractivity contribution in [1.29, 1.82) is 0 Å². The van der Waals surface area contributed by atoms with E-state index in [4.69, 9.17) is 0 Å². The summed E-state index contributed by atoms with van der Waals surface area (Å²) in [7, 11) is 0. The van der Waals surface area contributed by atoms with Crippen LogP contribution in [0.25, 0.3) is 11.1 Å². The predicted molar refractivity (Wildman–Crippen MR) is 237 cm³/mol. The number of rotatable bonds is 7. The lowest BCUT2D eigenvalue weighted by atomic mass is 9.69. The van der Waals surface area contributed by atoms with E-state index in [1.807, 2.05) is 17.3 Å². The standard InChI is InChI=1S/C51H51N7O5/c59-45-15-14-44(48(61)54-45)58-49(62)42-25-36-29-55(30-37(36)26-43(42)50(58)63)31-46(60)57-22-18-51(19-23-57)16-20-56(21-17-51)39-10-6-33(7-11-39)47-40(32-4-2-1-3-5-32)13-9-35-24-34(8-12-41(35)47)38-27-52-53-28-38/h1-8,10-12,24-28,40,44,47H,9,13-23,29-31H2,(H,52,53)(H,54,59,61)/t40-,44?,47+/m1/s1. The van der Waals surface area contributed by atoms with Crippen LogP contribution in [0.15, 0.2) is 97.3 Å². The smallest absolute Gasteiger partial charge is 0.262 e. The van der Waals surface area contributed by atoms with Gasteiger partial charge in [0.15, 0.2) is 0 Å². The number of carbonyl (C=O) groups excluding carboxylic acids is 5. The monoisotopic (exact) mass is 841 g/mol. The van der Waals surface area contributed by atoms with E-state index in [0.29, 0.717) is 19.0 Å². The van der Waals surface area contributed by atoms with E-state index < -0.39 is 29.7 Å². The third kappa shape index (κ3) is 7.14. The number of aromatic amines is 1. The highest BCUT2D eigenvalue weighted by atomic mass is 16.2. The number of fused-ring (bicyclic) bond motifs is 3. The summed E-state index contributed by atoms with van der Waals surface area (Å²) in [4.78, 5) is 72.2. The Morgan fingerprint density at radius 1 is 0.714 bits per heavy atom. The Morgan fingerprint density at radius 2 is 1.41 bits per heavy atom. The largest absolute Gasteiger partial charge is 0.371 e. The Hall–Kier alpha value is -6.40. The van der Waals surface area contributed by atoms with Gasteiger partial charge in [0, 0.05) is 69.1 Å². The highest BCUT2D eigenvalue weighted by molar-refractivity contribution is 6.23. The second kappa shape index (κ2) is 15.7. The topological polar surface area (TPSA) is 139 Å². The normalized spacial score (nSPS) is 23.2. The first-order valence-electron chi connectivity index (χ1n) is 22.6. The first-order chi connectivity index (χ1) is 30.7. The maximum absolute atomic E-state index is 13.7. The molecule has 3 saturated heterocycles. The number of aryl methyl sites for hydroxylation is 1. The number of likely N-dealkylation sites (tertiary alicyclic amines) is 1. The molecule has 5 aliphatic heterocycles. The zero-order valence-electron chi connectivity index (χ0n) is 35.4. The van der Waals surface area contributed by atoms with Crippen molar-refractivity contribution in [2.45, 2.75) is 82.3 Å². The van der Waals surface area contributed by atoms with Gasteiger partial charge in [0.1, 0.15) is 6.04 Å². The molecule has 2 N–H and O–H groups in total. The Kier molecular flexibility index (Phi) is 9.86. The molecule has 5 aromatic rings. The van der Waals surface area contributed by atoms with E-state index >= 15 is 0 Å². The van der Waals surface area contributed by atoms with Crippen LogP contribution in [0.3, 0.4) is 0 Å². The fraction of sp³-hybridized carbons (Fsp3) is 0.373. The molecule has 11 rings (SSSR count). The summed E-state index contributed by atoms with van der Waals surface area (Å²) in [5.74, 6) is -1.23. The predicted octanol–water partition coefficient (Wildman–Crippen LogP) is 6.56. The molecule has 1 aliphatic carbocycles. The third-order valence-electron chi connectivity index (χ3n) is 15.2. The van der Waals surface area contributed by atoms with Crippen molar-refractivity contribution in [3.8, 4) is 11.1 Å². The van der Waals surface area contributed by atoms with Gasteiger partial charge in [0.2, 0.25) is 17.7 Å². The van der Waals surface area contributed by atoms with Gasteiger partial charge < -0.3 is 9.80 Å². The van der Waals surface area contributed by atoms with Crippen LogP contribution >= 0.6 is 0 Å². The van der Waals surface area contributed by atoms with Crippen LogP contribution in [-0.4, -0.2) is 93.2 Å². The number of aromatic nitrogens is 2. The summed E-state index contributed by atoms with van der Waals surface area (Å²) in [5, 5.41) is 9.38. The number of nitrogens with zero attached hydrogens (tertiary/aromatic N) is 5. The van der Waals surface area contributed by atoms with E-state index in [1.54, 1.807) is 12.1 Å². The molecule has 1 spiro atoms. The first kappa shape index (κ1) is 39.4. The van der Waals surface area contributed by atoms with Crippen molar-refractivity contribution < 1.29 is 24.0 Å². The van der Waals surface area contributed by atoms with Crippen molar-refractivity contribution in [3.63, 3.8) is 0 Å². The Balaban J connectivity index is 0.697. The van der Waals surface area contributed by atoms with Crippen LogP contribution in [0.1, 0.15) is 111 Å². The molecule has 320 valence electrons. The van der Waals surface area contributed by atoms with Crippen LogP contribution in [0.4, 0.5) is 5.69 Å². The summed E-state index contributed by atoms with van der Waals surface area (Å²) in [6.45, 7) is 4.85. The van der Waals surface area contributed by atoms with Crippen molar-refractivity contribution in [2.24, 2.45) is 5.41 Å². The summed E-state index contributed by atoms with van der Waals surface area (Å²) >= 11 is 0. The van der Waals surface area contributed by atoms with Gasteiger partial charge >= 0.3 is 0 Å². The highest BCUT2D eigenvalue weighted by Crippen LogP contribution is 2.48. The van der Waals surface area contributed by atoms with Crippen LogP contribution in [0, 0.1) is 5.41 Å². The van der Waals surface area contributed by atoms with E-state index in [9.17, 15) is 24.0 Å². The molecule has 0 bridgehead atoms.